The van der Waals surface area contributed by atoms with Gasteiger partial charge in [0, 0.05) is 26.6 Å². The molecule has 0 unspecified atom stereocenters. The molecule has 0 aliphatic carbocycles. The second-order valence-electron chi connectivity index (χ2n) is 3.69. The molecule has 2 N–H and O–H groups in total. The maximum atomic E-state index is 11.7. The van der Waals surface area contributed by atoms with Crippen LogP contribution in [0.1, 0.15) is 13.3 Å². The Morgan fingerprint density at radius 3 is 2.60 bits per heavy atom. The fraction of sp³-hybridized carbons (Fsp3) is 0.778. The first-order chi connectivity index (χ1) is 6.97. The summed E-state index contributed by atoms with van der Waals surface area (Å²) in [6, 6.07) is -1.25. The number of aliphatic hydroxyl groups excluding tert-OH is 1. The van der Waals surface area contributed by atoms with Gasteiger partial charge in [-0.2, -0.15) is 0 Å². The van der Waals surface area contributed by atoms with E-state index in [0.29, 0.717) is 6.54 Å². The number of hydrogen-bond donors (Lipinski definition) is 2. The van der Waals surface area contributed by atoms with E-state index in [2.05, 4.69) is 0 Å². The molecule has 0 aromatic carbocycles. The van der Waals surface area contributed by atoms with Crippen molar-refractivity contribution in [1.82, 2.24) is 9.80 Å². The van der Waals surface area contributed by atoms with E-state index in [9.17, 15) is 14.7 Å². The fourth-order valence-corrected chi connectivity index (χ4v) is 1.61. The van der Waals surface area contributed by atoms with Crippen LogP contribution >= 0.6 is 0 Å². The van der Waals surface area contributed by atoms with Gasteiger partial charge in [-0.3, -0.25) is 0 Å². The SMILES string of the molecule is CCN(C)C(=O)N1C[C@@H](O)C[C@H]1C(=O)O. The highest BCUT2D eigenvalue weighted by atomic mass is 16.4. The number of carboxylic acids is 1. The molecular formula is C9H16N2O4. The Hall–Kier alpha value is -1.30. The molecule has 1 fully saturated rings. The number of likely N-dealkylation sites (tertiary alicyclic amines) is 1. The smallest absolute Gasteiger partial charge is 0.326 e. The van der Waals surface area contributed by atoms with Gasteiger partial charge in [0.05, 0.1) is 6.10 Å². The Labute approximate surface area is 88.1 Å². The lowest BCUT2D eigenvalue weighted by Crippen LogP contribution is -2.46. The van der Waals surface area contributed by atoms with Crippen LogP contribution in [-0.4, -0.2) is 64.3 Å². The summed E-state index contributed by atoms with van der Waals surface area (Å²) >= 11 is 0. The summed E-state index contributed by atoms with van der Waals surface area (Å²) < 4.78 is 0. The third-order valence-electron chi connectivity index (χ3n) is 2.61. The normalized spacial score (nSPS) is 25.4. The first-order valence-corrected chi connectivity index (χ1v) is 4.90. The highest BCUT2D eigenvalue weighted by Gasteiger charge is 2.39. The van der Waals surface area contributed by atoms with Gasteiger partial charge in [0.15, 0.2) is 0 Å². The van der Waals surface area contributed by atoms with E-state index in [1.54, 1.807) is 14.0 Å². The number of amides is 2. The fourth-order valence-electron chi connectivity index (χ4n) is 1.61. The van der Waals surface area contributed by atoms with Crippen molar-refractivity contribution in [3.63, 3.8) is 0 Å². The van der Waals surface area contributed by atoms with Gasteiger partial charge in [-0.1, -0.05) is 0 Å². The Morgan fingerprint density at radius 2 is 2.13 bits per heavy atom. The molecule has 0 saturated carbocycles. The van der Waals surface area contributed by atoms with Crippen molar-refractivity contribution in [3.8, 4) is 0 Å². The maximum Gasteiger partial charge on any atom is 0.326 e. The van der Waals surface area contributed by atoms with Crippen LogP contribution in [0, 0.1) is 0 Å². The van der Waals surface area contributed by atoms with Crippen molar-refractivity contribution in [2.75, 3.05) is 20.1 Å². The third kappa shape index (κ3) is 2.38. The highest BCUT2D eigenvalue weighted by molar-refractivity contribution is 5.83. The number of urea groups is 1. The van der Waals surface area contributed by atoms with Gasteiger partial charge in [-0.15, -0.1) is 0 Å². The van der Waals surface area contributed by atoms with Crippen LogP contribution in [0.4, 0.5) is 4.79 Å². The average Bonchev–Trinajstić information content (AvgIpc) is 2.58. The lowest BCUT2D eigenvalue weighted by atomic mass is 10.2. The molecule has 6 heteroatoms. The number of carbonyl (C=O) groups is 2. The minimum atomic E-state index is -1.07. The van der Waals surface area contributed by atoms with Crippen LogP contribution in [0.15, 0.2) is 0 Å². The van der Waals surface area contributed by atoms with Gasteiger partial charge in [-0.05, 0) is 6.92 Å². The monoisotopic (exact) mass is 216 g/mol. The average molecular weight is 216 g/mol. The zero-order chi connectivity index (χ0) is 11.6. The van der Waals surface area contributed by atoms with E-state index in [0.717, 1.165) is 0 Å². The number of rotatable bonds is 2. The minimum Gasteiger partial charge on any atom is -0.480 e. The van der Waals surface area contributed by atoms with E-state index < -0.39 is 18.1 Å². The number of aliphatic carboxylic acids is 1. The van der Waals surface area contributed by atoms with Crippen LogP contribution in [0.2, 0.25) is 0 Å². The van der Waals surface area contributed by atoms with E-state index in [4.69, 9.17) is 5.11 Å². The van der Waals surface area contributed by atoms with Crippen molar-refractivity contribution in [2.45, 2.75) is 25.5 Å². The van der Waals surface area contributed by atoms with Gasteiger partial charge in [0.2, 0.25) is 0 Å². The molecule has 0 aromatic rings. The molecule has 0 aromatic heterocycles. The minimum absolute atomic E-state index is 0.0974. The molecule has 2 atom stereocenters. The quantitative estimate of drug-likeness (QED) is 0.656. The molecule has 1 rings (SSSR count). The van der Waals surface area contributed by atoms with Gasteiger partial charge < -0.3 is 20.0 Å². The Morgan fingerprint density at radius 1 is 1.53 bits per heavy atom. The Balaban J connectivity index is 2.75. The van der Waals surface area contributed by atoms with Crippen LogP contribution < -0.4 is 0 Å². The maximum absolute atomic E-state index is 11.7. The molecular weight excluding hydrogens is 200 g/mol. The molecule has 86 valence electrons. The van der Waals surface area contributed by atoms with Crippen molar-refractivity contribution < 1.29 is 19.8 Å². The second kappa shape index (κ2) is 4.48. The van der Waals surface area contributed by atoms with Gasteiger partial charge in [0.1, 0.15) is 6.04 Å². The lowest BCUT2D eigenvalue weighted by Gasteiger charge is -2.26. The van der Waals surface area contributed by atoms with Crippen molar-refractivity contribution in [1.29, 1.82) is 0 Å². The summed E-state index contributed by atoms with van der Waals surface area (Å²) in [5, 5.41) is 18.2. The molecule has 0 radical (unpaired) electrons. The van der Waals surface area contributed by atoms with Crippen LogP contribution in [0.5, 0.6) is 0 Å². The number of β-amino-alcohol motifs (C(OH)–C–C–N with tert-alkyl or cyclic N) is 1. The largest absolute Gasteiger partial charge is 0.480 e. The second-order valence-corrected chi connectivity index (χ2v) is 3.69. The van der Waals surface area contributed by atoms with Crippen molar-refractivity contribution in [2.24, 2.45) is 0 Å². The molecule has 0 bridgehead atoms. The summed E-state index contributed by atoms with van der Waals surface area (Å²) in [6.07, 6.45) is -0.626. The third-order valence-corrected chi connectivity index (χ3v) is 2.61. The van der Waals surface area contributed by atoms with E-state index in [1.165, 1.54) is 9.80 Å². The first-order valence-electron chi connectivity index (χ1n) is 4.90. The molecule has 0 spiro atoms. The Kier molecular flexibility index (Phi) is 3.52. The number of carbonyl (C=O) groups excluding carboxylic acids is 1. The summed E-state index contributed by atoms with van der Waals surface area (Å²) in [5.41, 5.74) is 0. The number of hydrogen-bond acceptors (Lipinski definition) is 3. The topological polar surface area (TPSA) is 81.1 Å². The lowest BCUT2D eigenvalue weighted by molar-refractivity contribution is -0.141. The number of nitrogens with zero attached hydrogens (tertiary/aromatic N) is 2. The molecule has 15 heavy (non-hydrogen) atoms. The molecule has 1 heterocycles. The van der Waals surface area contributed by atoms with Crippen LogP contribution in [-0.2, 0) is 4.79 Å². The molecule has 6 nitrogen and oxygen atoms in total. The van der Waals surface area contributed by atoms with Gasteiger partial charge in [0.25, 0.3) is 0 Å². The van der Waals surface area contributed by atoms with Crippen LogP contribution in [0.3, 0.4) is 0 Å². The van der Waals surface area contributed by atoms with E-state index in [-0.39, 0.29) is 19.0 Å². The summed E-state index contributed by atoms with van der Waals surface area (Å²) in [4.78, 5) is 25.2. The zero-order valence-corrected chi connectivity index (χ0v) is 8.88. The van der Waals surface area contributed by atoms with Crippen molar-refractivity contribution in [3.05, 3.63) is 0 Å². The Bertz CT molecular complexity index is 269. The first kappa shape index (κ1) is 11.8. The predicted molar refractivity (Wildman–Crippen MR) is 52.5 cm³/mol. The number of aliphatic hydroxyl groups is 1. The predicted octanol–water partition coefficient (Wildman–Crippen LogP) is -0.422. The van der Waals surface area contributed by atoms with Crippen LogP contribution in [0.25, 0.3) is 0 Å². The highest BCUT2D eigenvalue weighted by Crippen LogP contribution is 2.19. The van der Waals surface area contributed by atoms with Gasteiger partial charge in [-0.25, -0.2) is 9.59 Å². The van der Waals surface area contributed by atoms with Gasteiger partial charge >= 0.3 is 12.0 Å². The molecule has 2 amide bonds. The standard InChI is InChI=1S/C9H16N2O4/c1-3-10(2)9(15)11-5-6(12)4-7(11)8(13)14/h6-7,12H,3-5H2,1-2H3,(H,13,14)/t6-,7-/m0/s1. The zero-order valence-electron chi connectivity index (χ0n) is 8.88. The summed E-state index contributed by atoms with van der Waals surface area (Å²) in [7, 11) is 1.60. The summed E-state index contributed by atoms with van der Waals surface area (Å²) in [6.45, 7) is 2.41. The molecule has 1 saturated heterocycles. The summed E-state index contributed by atoms with van der Waals surface area (Å²) in [5.74, 6) is -1.07. The van der Waals surface area contributed by atoms with Crippen molar-refractivity contribution >= 4 is 12.0 Å². The van der Waals surface area contributed by atoms with E-state index in [1.807, 2.05) is 0 Å². The molecule has 1 aliphatic heterocycles. The van der Waals surface area contributed by atoms with E-state index >= 15 is 0 Å². The molecule has 1 aliphatic rings. The number of carboxylic acid groups (broad SMARTS) is 1.